The van der Waals surface area contributed by atoms with Crippen molar-refractivity contribution in [1.82, 2.24) is 4.90 Å². The Morgan fingerprint density at radius 2 is 1.90 bits per heavy atom. The highest BCUT2D eigenvalue weighted by atomic mass is 35.5. The first-order chi connectivity index (χ1) is 9.29. The number of hydrogen-bond donors (Lipinski definition) is 0. The summed E-state index contributed by atoms with van der Waals surface area (Å²) in [5.41, 5.74) is -0.378. The van der Waals surface area contributed by atoms with E-state index in [9.17, 15) is 18.0 Å². The molecule has 20 heavy (non-hydrogen) atoms. The van der Waals surface area contributed by atoms with Crippen LogP contribution in [-0.2, 0) is 6.18 Å². The number of carbonyl (C=O) groups is 1. The lowest BCUT2D eigenvalue weighted by atomic mass is 9.85. The summed E-state index contributed by atoms with van der Waals surface area (Å²) in [7, 11) is 1.47. The SMILES string of the molecule is BC(=O)N1CCC(c2cc(Cl)ccc2C(F)(F)F)CC1. The third kappa shape index (κ3) is 3.29. The second kappa shape index (κ2) is 5.68. The molecule has 0 atom stereocenters. The van der Waals surface area contributed by atoms with Crippen LogP contribution in [0.1, 0.15) is 29.9 Å². The summed E-state index contributed by atoms with van der Waals surface area (Å²) in [5, 5.41) is 0.307. The van der Waals surface area contributed by atoms with Gasteiger partial charge in [0.2, 0.25) is 7.85 Å². The zero-order valence-electron chi connectivity index (χ0n) is 11.0. The summed E-state index contributed by atoms with van der Waals surface area (Å²) in [4.78, 5) is 12.9. The van der Waals surface area contributed by atoms with E-state index < -0.39 is 11.7 Å². The number of halogens is 4. The van der Waals surface area contributed by atoms with Crippen LogP contribution in [0.3, 0.4) is 0 Å². The molecule has 1 aromatic carbocycles. The fourth-order valence-electron chi connectivity index (χ4n) is 2.63. The van der Waals surface area contributed by atoms with Gasteiger partial charge in [-0.2, -0.15) is 13.2 Å². The monoisotopic (exact) mass is 303 g/mol. The van der Waals surface area contributed by atoms with E-state index in [1.165, 1.54) is 20.0 Å². The number of hydrogen-bond acceptors (Lipinski definition) is 1. The minimum Gasteiger partial charge on any atom is -0.352 e. The standard InChI is InChI=1S/C13H14BClF3NO/c14-12(20)19-5-3-8(4-6-19)10-7-9(15)1-2-11(10)13(16,17)18/h1-2,7-8H,3-6,14H2. The van der Waals surface area contributed by atoms with Crippen LogP contribution in [0.15, 0.2) is 18.2 Å². The van der Waals surface area contributed by atoms with Gasteiger partial charge in [-0.25, -0.2) is 0 Å². The van der Waals surface area contributed by atoms with Crippen molar-refractivity contribution in [2.45, 2.75) is 24.9 Å². The molecule has 0 N–H and O–H groups in total. The molecular formula is C13H14BClF3NO. The van der Waals surface area contributed by atoms with Crippen molar-refractivity contribution in [2.75, 3.05) is 13.1 Å². The largest absolute Gasteiger partial charge is 0.416 e. The Hall–Kier alpha value is -1.17. The molecule has 0 aromatic heterocycles. The number of carbonyl (C=O) groups excluding carboxylic acids is 1. The summed E-state index contributed by atoms with van der Waals surface area (Å²) in [6.45, 7) is 0.980. The van der Waals surface area contributed by atoms with Crippen LogP contribution >= 0.6 is 11.6 Å². The van der Waals surface area contributed by atoms with Gasteiger partial charge in [0, 0.05) is 18.1 Å². The average Bonchev–Trinajstić information content (AvgIpc) is 2.37. The Morgan fingerprint density at radius 1 is 1.30 bits per heavy atom. The van der Waals surface area contributed by atoms with Crippen LogP contribution in [-0.4, -0.2) is 31.6 Å². The zero-order chi connectivity index (χ0) is 14.9. The number of piperidine rings is 1. The molecule has 1 heterocycles. The van der Waals surface area contributed by atoms with Crippen molar-refractivity contribution in [2.24, 2.45) is 0 Å². The highest BCUT2D eigenvalue weighted by Gasteiger charge is 2.36. The van der Waals surface area contributed by atoms with Crippen LogP contribution in [0.4, 0.5) is 18.0 Å². The molecular weight excluding hydrogens is 289 g/mol. The Bertz CT molecular complexity index is 513. The van der Waals surface area contributed by atoms with Crippen LogP contribution in [0.5, 0.6) is 0 Å². The zero-order valence-corrected chi connectivity index (χ0v) is 11.8. The highest BCUT2D eigenvalue weighted by molar-refractivity contribution is 6.56. The Balaban J connectivity index is 2.25. The van der Waals surface area contributed by atoms with Gasteiger partial charge in [0.15, 0.2) is 5.81 Å². The van der Waals surface area contributed by atoms with E-state index >= 15 is 0 Å². The number of amides is 1. The molecule has 0 radical (unpaired) electrons. The van der Waals surface area contributed by atoms with Gasteiger partial charge in [-0.1, -0.05) is 11.6 Å². The number of nitrogens with zero attached hydrogens (tertiary/aromatic N) is 1. The van der Waals surface area contributed by atoms with Gasteiger partial charge in [-0.15, -0.1) is 0 Å². The molecule has 1 saturated heterocycles. The lowest BCUT2D eigenvalue weighted by molar-refractivity contribution is -0.138. The van der Waals surface area contributed by atoms with Gasteiger partial charge < -0.3 is 4.90 Å². The topological polar surface area (TPSA) is 20.3 Å². The lowest BCUT2D eigenvalue weighted by Gasteiger charge is -2.33. The number of likely N-dealkylation sites (tertiary alicyclic amines) is 1. The molecule has 1 fully saturated rings. The minimum atomic E-state index is -4.38. The molecule has 0 bridgehead atoms. The first kappa shape index (κ1) is 15.2. The van der Waals surface area contributed by atoms with Crippen molar-refractivity contribution < 1.29 is 18.0 Å². The Kier molecular flexibility index (Phi) is 4.32. The van der Waals surface area contributed by atoms with Crippen LogP contribution in [0, 0.1) is 0 Å². The first-order valence-corrected chi connectivity index (χ1v) is 6.79. The predicted molar refractivity (Wildman–Crippen MR) is 73.9 cm³/mol. The second-order valence-electron chi connectivity index (χ2n) is 5.01. The molecule has 0 unspecified atom stereocenters. The van der Waals surface area contributed by atoms with Crippen molar-refractivity contribution in [3.63, 3.8) is 0 Å². The Labute approximate surface area is 121 Å². The number of alkyl halides is 3. The van der Waals surface area contributed by atoms with Crippen LogP contribution < -0.4 is 0 Å². The van der Waals surface area contributed by atoms with E-state index in [1.807, 2.05) is 0 Å². The maximum Gasteiger partial charge on any atom is 0.416 e. The summed E-state index contributed by atoms with van der Waals surface area (Å²) >= 11 is 5.83. The molecule has 108 valence electrons. The molecule has 1 aromatic rings. The smallest absolute Gasteiger partial charge is 0.352 e. The van der Waals surface area contributed by atoms with Gasteiger partial charge in [0.25, 0.3) is 0 Å². The molecule has 0 saturated carbocycles. The normalized spacial score (nSPS) is 17.3. The Morgan fingerprint density at radius 3 is 2.40 bits per heavy atom. The van der Waals surface area contributed by atoms with Gasteiger partial charge in [-0.05, 0) is 42.5 Å². The quantitative estimate of drug-likeness (QED) is 0.729. The van der Waals surface area contributed by atoms with Gasteiger partial charge in [0.05, 0.1) is 5.56 Å². The third-order valence-corrected chi connectivity index (χ3v) is 3.93. The van der Waals surface area contributed by atoms with Crippen molar-refractivity contribution in [3.05, 3.63) is 34.3 Å². The van der Waals surface area contributed by atoms with Gasteiger partial charge >= 0.3 is 6.18 Å². The maximum absolute atomic E-state index is 13.0. The third-order valence-electron chi connectivity index (χ3n) is 3.70. The van der Waals surface area contributed by atoms with E-state index in [-0.39, 0.29) is 17.3 Å². The van der Waals surface area contributed by atoms with E-state index in [2.05, 4.69) is 0 Å². The molecule has 2 nitrogen and oxygen atoms in total. The molecule has 0 spiro atoms. The van der Waals surface area contributed by atoms with Crippen molar-refractivity contribution in [3.8, 4) is 0 Å². The van der Waals surface area contributed by atoms with Crippen molar-refractivity contribution >= 4 is 25.3 Å². The number of rotatable bonds is 1. The maximum atomic E-state index is 13.0. The average molecular weight is 304 g/mol. The van der Waals surface area contributed by atoms with E-state index in [4.69, 9.17) is 11.6 Å². The summed E-state index contributed by atoms with van der Waals surface area (Å²) in [6.07, 6.45) is -3.32. The van der Waals surface area contributed by atoms with Crippen LogP contribution in [0.25, 0.3) is 0 Å². The summed E-state index contributed by atoms with van der Waals surface area (Å²) in [5.74, 6) is -0.244. The molecule has 0 aliphatic carbocycles. The molecule has 7 heteroatoms. The minimum absolute atomic E-state index is 0.0365. The highest BCUT2D eigenvalue weighted by Crippen LogP contribution is 2.39. The first-order valence-electron chi connectivity index (χ1n) is 6.41. The summed E-state index contributed by atoms with van der Waals surface area (Å²) < 4.78 is 39.1. The van der Waals surface area contributed by atoms with Crippen molar-refractivity contribution in [1.29, 1.82) is 0 Å². The van der Waals surface area contributed by atoms with Crippen LogP contribution in [0.2, 0.25) is 5.02 Å². The number of benzene rings is 1. The summed E-state index contributed by atoms with van der Waals surface area (Å²) in [6, 6.07) is 3.70. The fraction of sp³-hybridized carbons (Fsp3) is 0.462. The second-order valence-corrected chi connectivity index (χ2v) is 5.45. The van der Waals surface area contributed by atoms with Gasteiger partial charge in [0.1, 0.15) is 0 Å². The molecule has 2 rings (SSSR count). The fourth-order valence-corrected chi connectivity index (χ4v) is 2.82. The molecule has 1 amide bonds. The van der Waals surface area contributed by atoms with Gasteiger partial charge in [-0.3, -0.25) is 4.79 Å². The molecule has 1 aliphatic rings. The molecule has 1 aliphatic heterocycles. The van der Waals surface area contributed by atoms with E-state index in [0.717, 1.165) is 6.07 Å². The van der Waals surface area contributed by atoms with E-state index in [0.29, 0.717) is 31.0 Å². The van der Waals surface area contributed by atoms with E-state index in [1.54, 1.807) is 4.90 Å². The predicted octanol–water partition coefficient (Wildman–Crippen LogP) is 3.29. The lowest BCUT2D eigenvalue weighted by Crippen LogP contribution is -2.37.